The van der Waals surface area contributed by atoms with Crippen molar-refractivity contribution in [3.8, 4) is 0 Å². The van der Waals surface area contributed by atoms with Gasteiger partial charge in [-0.3, -0.25) is 14.6 Å². The average molecular weight is 397 g/mol. The van der Waals surface area contributed by atoms with Gasteiger partial charge >= 0.3 is 0 Å². The highest BCUT2D eigenvalue weighted by atomic mass is 15.3. The van der Waals surface area contributed by atoms with E-state index in [0.29, 0.717) is 5.92 Å². The van der Waals surface area contributed by atoms with Gasteiger partial charge in [0.05, 0.1) is 0 Å². The Kier molecular flexibility index (Phi) is 8.56. The van der Waals surface area contributed by atoms with Gasteiger partial charge in [-0.15, -0.1) is 0 Å². The molecule has 0 unspecified atom stereocenters. The third-order valence-corrected chi connectivity index (χ3v) is 5.50. The van der Waals surface area contributed by atoms with E-state index in [1.807, 2.05) is 23.1 Å². The zero-order valence-corrected chi connectivity index (χ0v) is 18.0. The van der Waals surface area contributed by atoms with Crippen molar-refractivity contribution < 1.29 is 0 Å². The van der Waals surface area contributed by atoms with Crippen LogP contribution in [0.15, 0.2) is 47.7 Å². The Morgan fingerprint density at radius 3 is 2.66 bits per heavy atom. The number of nitrogens with zero attached hydrogens (tertiary/aromatic N) is 4. The second kappa shape index (κ2) is 11.6. The first-order valence-electron chi connectivity index (χ1n) is 11.0. The first kappa shape index (κ1) is 21.4. The zero-order chi connectivity index (χ0) is 20.3. The van der Waals surface area contributed by atoms with Crippen molar-refractivity contribution in [3.63, 3.8) is 0 Å². The lowest BCUT2D eigenvalue weighted by atomic mass is 9.96. The molecule has 0 amide bonds. The summed E-state index contributed by atoms with van der Waals surface area (Å²) in [5, 5.41) is 11.1. The molecule has 2 aromatic rings. The highest BCUT2D eigenvalue weighted by molar-refractivity contribution is 5.79. The summed E-state index contributed by atoms with van der Waals surface area (Å²) in [4.78, 5) is 7.42. The minimum absolute atomic E-state index is 0.684. The Bertz CT molecular complexity index is 714. The van der Waals surface area contributed by atoms with E-state index in [2.05, 4.69) is 58.7 Å². The van der Waals surface area contributed by atoms with Crippen molar-refractivity contribution in [3.05, 3.63) is 53.9 Å². The molecule has 158 valence electrons. The first-order valence-corrected chi connectivity index (χ1v) is 11.0. The lowest BCUT2D eigenvalue weighted by Crippen LogP contribution is -2.39. The maximum absolute atomic E-state index is 4.84. The quantitative estimate of drug-likeness (QED) is 0.389. The molecule has 3 rings (SSSR count). The van der Waals surface area contributed by atoms with E-state index in [1.165, 1.54) is 37.1 Å². The molecule has 1 aromatic carbocycles. The Morgan fingerprint density at radius 2 is 1.97 bits per heavy atom. The van der Waals surface area contributed by atoms with Crippen molar-refractivity contribution >= 4 is 5.96 Å². The van der Waals surface area contributed by atoms with Crippen LogP contribution in [-0.4, -0.2) is 53.4 Å². The van der Waals surface area contributed by atoms with Gasteiger partial charge in [-0.2, -0.15) is 5.10 Å². The lowest BCUT2D eigenvalue weighted by Gasteiger charge is -2.31. The van der Waals surface area contributed by atoms with Gasteiger partial charge in [0.25, 0.3) is 0 Å². The minimum atomic E-state index is 0.684. The molecule has 29 heavy (non-hydrogen) atoms. The number of hydrogen-bond acceptors (Lipinski definition) is 3. The molecule has 2 N–H and O–H groups in total. The standard InChI is InChI=1S/C23H36N6/c1-3-24-23(25-12-4-14-29-15-5-13-27-29)26-18-21-10-16-28(17-11-21)19-22-8-6-20(2)7-9-22/h5-9,13,15,21H,3-4,10-12,14,16-19H2,1-2H3,(H2,24,25,26). The monoisotopic (exact) mass is 396 g/mol. The molecular weight excluding hydrogens is 360 g/mol. The van der Waals surface area contributed by atoms with Crippen LogP contribution in [0.1, 0.15) is 37.3 Å². The summed E-state index contributed by atoms with van der Waals surface area (Å²) in [5.41, 5.74) is 2.75. The van der Waals surface area contributed by atoms with Crippen molar-refractivity contribution in [1.82, 2.24) is 25.3 Å². The molecule has 0 spiro atoms. The predicted molar refractivity (Wildman–Crippen MR) is 120 cm³/mol. The fraction of sp³-hybridized carbons (Fsp3) is 0.565. The van der Waals surface area contributed by atoms with Crippen LogP contribution in [0.5, 0.6) is 0 Å². The van der Waals surface area contributed by atoms with Gasteiger partial charge in [0, 0.05) is 45.1 Å². The smallest absolute Gasteiger partial charge is 0.191 e. The van der Waals surface area contributed by atoms with Crippen LogP contribution in [0.4, 0.5) is 0 Å². The number of aromatic nitrogens is 2. The highest BCUT2D eigenvalue weighted by Crippen LogP contribution is 2.19. The van der Waals surface area contributed by atoms with E-state index in [-0.39, 0.29) is 0 Å². The van der Waals surface area contributed by atoms with Crippen molar-refractivity contribution in [2.45, 2.75) is 46.2 Å². The maximum atomic E-state index is 4.84. The topological polar surface area (TPSA) is 57.5 Å². The molecule has 2 heterocycles. The van der Waals surface area contributed by atoms with E-state index in [9.17, 15) is 0 Å². The Balaban J connectivity index is 1.36. The van der Waals surface area contributed by atoms with E-state index in [4.69, 9.17) is 4.99 Å². The van der Waals surface area contributed by atoms with E-state index < -0.39 is 0 Å². The molecule has 1 aliphatic rings. The molecule has 0 radical (unpaired) electrons. The predicted octanol–water partition coefficient (Wildman–Crippen LogP) is 3.05. The molecule has 1 aliphatic heterocycles. The molecule has 0 aliphatic carbocycles. The molecule has 0 atom stereocenters. The van der Waals surface area contributed by atoms with Crippen LogP contribution in [0.25, 0.3) is 0 Å². The van der Waals surface area contributed by atoms with E-state index in [1.54, 1.807) is 0 Å². The second-order valence-corrected chi connectivity index (χ2v) is 7.97. The number of aryl methyl sites for hydroxylation is 2. The van der Waals surface area contributed by atoms with Gasteiger partial charge in [0.15, 0.2) is 5.96 Å². The number of rotatable bonds is 9. The number of benzene rings is 1. The van der Waals surface area contributed by atoms with Crippen LogP contribution in [0.2, 0.25) is 0 Å². The van der Waals surface area contributed by atoms with Gasteiger partial charge in [-0.1, -0.05) is 29.8 Å². The van der Waals surface area contributed by atoms with Crippen molar-refractivity contribution in [2.75, 3.05) is 32.7 Å². The van der Waals surface area contributed by atoms with Gasteiger partial charge < -0.3 is 10.6 Å². The van der Waals surface area contributed by atoms with Crippen LogP contribution < -0.4 is 10.6 Å². The van der Waals surface area contributed by atoms with E-state index >= 15 is 0 Å². The molecule has 1 aromatic heterocycles. The van der Waals surface area contributed by atoms with Gasteiger partial charge in [0.1, 0.15) is 0 Å². The second-order valence-electron chi connectivity index (χ2n) is 7.97. The third kappa shape index (κ3) is 7.54. The first-order chi connectivity index (χ1) is 14.2. The SMILES string of the molecule is CCNC(=NCC1CCN(Cc2ccc(C)cc2)CC1)NCCCn1cccn1. The number of piperidine rings is 1. The molecule has 6 heteroatoms. The van der Waals surface area contributed by atoms with E-state index in [0.717, 1.165) is 45.1 Å². The molecule has 0 bridgehead atoms. The van der Waals surface area contributed by atoms with Crippen molar-refractivity contribution in [1.29, 1.82) is 0 Å². The fourth-order valence-electron chi connectivity index (χ4n) is 3.72. The third-order valence-electron chi connectivity index (χ3n) is 5.50. The molecule has 1 fully saturated rings. The zero-order valence-electron chi connectivity index (χ0n) is 18.0. The highest BCUT2D eigenvalue weighted by Gasteiger charge is 2.19. The lowest BCUT2D eigenvalue weighted by molar-refractivity contribution is 0.180. The molecular formula is C23H36N6. The Morgan fingerprint density at radius 1 is 1.17 bits per heavy atom. The molecule has 0 saturated carbocycles. The van der Waals surface area contributed by atoms with Gasteiger partial charge in [-0.05, 0) is 63.7 Å². The summed E-state index contributed by atoms with van der Waals surface area (Å²) in [5.74, 6) is 1.62. The number of guanidine groups is 1. The minimum Gasteiger partial charge on any atom is -0.357 e. The average Bonchev–Trinajstić information content (AvgIpc) is 3.25. The summed E-state index contributed by atoms with van der Waals surface area (Å²) in [6.45, 7) is 11.3. The maximum Gasteiger partial charge on any atom is 0.191 e. The number of hydrogen-bond donors (Lipinski definition) is 2. The number of likely N-dealkylation sites (tertiary alicyclic amines) is 1. The summed E-state index contributed by atoms with van der Waals surface area (Å²) >= 11 is 0. The fourth-order valence-corrected chi connectivity index (χ4v) is 3.72. The van der Waals surface area contributed by atoms with Crippen LogP contribution in [0.3, 0.4) is 0 Å². The Labute approximate surface area is 175 Å². The Hall–Kier alpha value is -2.34. The van der Waals surface area contributed by atoms with Gasteiger partial charge in [0.2, 0.25) is 0 Å². The number of aliphatic imine (C=N–C) groups is 1. The van der Waals surface area contributed by atoms with Gasteiger partial charge in [-0.25, -0.2) is 0 Å². The number of nitrogens with one attached hydrogen (secondary N) is 2. The van der Waals surface area contributed by atoms with Crippen LogP contribution in [-0.2, 0) is 13.1 Å². The summed E-state index contributed by atoms with van der Waals surface area (Å²) in [6.07, 6.45) is 7.32. The summed E-state index contributed by atoms with van der Waals surface area (Å²) in [6, 6.07) is 10.9. The summed E-state index contributed by atoms with van der Waals surface area (Å²) < 4.78 is 1.97. The summed E-state index contributed by atoms with van der Waals surface area (Å²) in [7, 11) is 0. The largest absolute Gasteiger partial charge is 0.357 e. The molecule has 6 nitrogen and oxygen atoms in total. The van der Waals surface area contributed by atoms with Crippen LogP contribution >= 0.6 is 0 Å². The van der Waals surface area contributed by atoms with Crippen LogP contribution in [0, 0.1) is 12.8 Å². The molecule has 1 saturated heterocycles. The normalized spacial score (nSPS) is 16.1. The van der Waals surface area contributed by atoms with Crippen molar-refractivity contribution in [2.24, 2.45) is 10.9 Å².